The molecule has 2 aliphatic rings. The van der Waals surface area contributed by atoms with Gasteiger partial charge in [0.25, 0.3) is 0 Å². The van der Waals surface area contributed by atoms with E-state index in [9.17, 15) is 0 Å². The van der Waals surface area contributed by atoms with E-state index < -0.39 is 11.5 Å². The van der Waals surface area contributed by atoms with E-state index in [4.69, 9.17) is 19.9 Å². The first kappa shape index (κ1) is 17.6. The fourth-order valence-electron chi connectivity index (χ4n) is 3.76. The summed E-state index contributed by atoms with van der Waals surface area (Å²) in [5.74, 6) is 0.171. The maximum Gasteiger partial charge on any atom is 0.203 e. The first-order chi connectivity index (χ1) is 12.3. The van der Waals surface area contributed by atoms with Gasteiger partial charge in [-0.2, -0.15) is 0 Å². The minimum atomic E-state index is -0.830. The second-order valence-electron chi connectivity index (χ2n) is 7.83. The second-order valence-corrected chi connectivity index (χ2v) is 7.83. The summed E-state index contributed by atoms with van der Waals surface area (Å²) in [7, 11) is 0. The number of nitrogens with zero attached hydrogens (tertiary/aromatic N) is 4. The van der Waals surface area contributed by atoms with Crippen molar-refractivity contribution in [2.75, 3.05) is 25.4 Å². The van der Waals surface area contributed by atoms with Gasteiger partial charge >= 0.3 is 0 Å². The summed E-state index contributed by atoms with van der Waals surface area (Å²) in [6, 6.07) is 0. The van der Waals surface area contributed by atoms with Crippen molar-refractivity contribution in [3.63, 3.8) is 0 Å². The van der Waals surface area contributed by atoms with E-state index in [-0.39, 0.29) is 12.2 Å². The zero-order chi connectivity index (χ0) is 18.5. The van der Waals surface area contributed by atoms with Crippen LogP contribution in [0.25, 0.3) is 11.2 Å². The molecule has 0 aliphatic carbocycles. The summed E-state index contributed by atoms with van der Waals surface area (Å²) in [6.45, 7) is 10.1. The highest BCUT2D eigenvalue weighted by molar-refractivity contribution is 5.81. The number of fused-ring (bicyclic) bond motifs is 2. The standard InChI is InChI=1S/C17H26N6O3/c1-10(2)5-19-6-11-13-17(7-24-11,26-16(3,4)25-13)23-9-22-12-14(18)20-8-21-15(12)23/h8-11,13,19H,5-7H2,1-4H3,(H2,18,20,21). The van der Waals surface area contributed by atoms with Crippen LogP contribution in [-0.2, 0) is 19.9 Å². The molecule has 3 atom stereocenters. The molecular weight excluding hydrogens is 336 g/mol. The van der Waals surface area contributed by atoms with Gasteiger partial charge in [0.2, 0.25) is 5.72 Å². The van der Waals surface area contributed by atoms with Crippen LogP contribution in [0.4, 0.5) is 5.82 Å². The van der Waals surface area contributed by atoms with Gasteiger partial charge in [0.1, 0.15) is 24.1 Å². The highest BCUT2D eigenvalue weighted by atomic mass is 16.8. The molecule has 2 saturated heterocycles. The Bertz CT molecular complexity index is 807. The zero-order valence-electron chi connectivity index (χ0n) is 15.6. The van der Waals surface area contributed by atoms with Gasteiger partial charge in [0.05, 0.1) is 12.9 Å². The molecule has 3 unspecified atom stereocenters. The van der Waals surface area contributed by atoms with Crippen molar-refractivity contribution in [1.82, 2.24) is 24.8 Å². The lowest BCUT2D eigenvalue weighted by molar-refractivity contribution is -0.204. The van der Waals surface area contributed by atoms with Gasteiger partial charge in [-0.3, -0.25) is 4.57 Å². The van der Waals surface area contributed by atoms with Crippen LogP contribution in [0, 0.1) is 5.92 Å². The molecule has 9 heteroatoms. The number of hydrogen-bond acceptors (Lipinski definition) is 8. The molecule has 0 aromatic carbocycles. The molecule has 2 fully saturated rings. The summed E-state index contributed by atoms with van der Waals surface area (Å²) >= 11 is 0. The predicted molar refractivity (Wildman–Crippen MR) is 95.2 cm³/mol. The molecule has 0 saturated carbocycles. The third kappa shape index (κ3) is 2.75. The Labute approximate surface area is 152 Å². The molecule has 4 rings (SSSR count). The fourth-order valence-corrected chi connectivity index (χ4v) is 3.76. The van der Waals surface area contributed by atoms with Gasteiger partial charge in [-0.05, 0) is 26.3 Å². The summed E-state index contributed by atoms with van der Waals surface area (Å²) in [6.07, 6.45) is 2.69. The number of hydrogen-bond donors (Lipinski definition) is 2. The molecule has 2 aliphatic heterocycles. The SMILES string of the molecule is CC(C)CNCC1OCC2(n3cnc4c(N)ncnc43)OC(C)(C)OC12. The van der Waals surface area contributed by atoms with Crippen LogP contribution >= 0.6 is 0 Å². The molecule has 142 valence electrons. The second kappa shape index (κ2) is 6.12. The van der Waals surface area contributed by atoms with Crippen molar-refractivity contribution in [1.29, 1.82) is 0 Å². The number of aromatic nitrogens is 4. The van der Waals surface area contributed by atoms with Crippen molar-refractivity contribution < 1.29 is 14.2 Å². The van der Waals surface area contributed by atoms with Crippen molar-refractivity contribution in [2.24, 2.45) is 5.92 Å². The van der Waals surface area contributed by atoms with Crippen molar-refractivity contribution in [3.8, 4) is 0 Å². The van der Waals surface area contributed by atoms with Crippen LogP contribution in [0.3, 0.4) is 0 Å². The molecule has 3 N–H and O–H groups in total. The molecule has 26 heavy (non-hydrogen) atoms. The lowest BCUT2D eigenvalue weighted by Crippen LogP contribution is -2.46. The number of nitrogens with one attached hydrogen (secondary N) is 1. The maximum atomic E-state index is 6.36. The first-order valence-electron chi connectivity index (χ1n) is 8.97. The Morgan fingerprint density at radius 3 is 2.92 bits per heavy atom. The van der Waals surface area contributed by atoms with Gasteiger partial charge in [-0.1, -0.05) is 13.8 Å². The highest BCUT2D eigenvalue weighted by Gasteiger charge is 2.62. The molecule has 2 aromatic rings. The molecule has 0 spiro atoms. The number of anilines is 1. The Morgan fingerprint density at radius 2 is 2.15 bits per heavy atom. The van der Waals surface area contributed by atoms with Gasteiger partial charge < -0.3 is 25.3 Å². The average molecular weight is 362 g/mol. The van der Waals surface area contributed by atoms with Crippen molar-refractivity contribution >= 4 is 17.0 Å². The van der Waals surface area contributed by atoms with E-state index in [1.165, 1.54) is 6.33 Å². The molecule has 9 nitrogen and oxygen atoms in total. The first-order valence-corrected chi connectivity index (χ1v) is 8.97. The normalized spacial score (nSPS) is 30.3. The van der Waals surface area contributed by atoms with Crippen LogP contribution < -0.4 is 11.1 Å². The Hall–Kier alpha value is -1.81. The highest BCUT2D eigenvalue weighted by Crippen LogP contribution is 2.47. The van der Waals surface area contributed by atoms with Gasteiger partial charge in [-0.25, -0.2) is 15.0 Å². The zero-order valence-corrected chi connectivity index (χ0v) is 15.6. The molecule has 0 amide bonds. The molecule has 4 heterocycles. The van der Waals surface area contributed by atoms with Gasteiger partial charge in [0, 0.05) is 6.54 Å². The number of ether oxygens (including phenoxy) is 3. The third-order valence-electron chi connectivity index (χ3n) is 4.79. The van der Waals surface area contributed by atoms with E-state index in [2.05, 4.69) is 34.1 Å². The molecule has 2 aromatic heterocycles. The quantitative estimate of drug-likeness (QED) is 0.806. The number of imidazole rings is 1. The average Bonchev–Trinajstić information content (AvgIpc) is 3.19. The smallest absolute Gasteiger partial charge is 0.203 e. The van der Waals surface area contributed by atoms with Crippen LogP contribution in [0.1, 0.15) is 27.7 Å². The third-order valence-corrected chi connectivity index (χ3v) is 4.79. The number of nitrogen functional groups attached to an aromatic ring is 1. The monoisotopic (exact) mass is 362 g/mol. The fraction of sp³-hybridized carbons (Fsp3) is 0.706. The predicted octanol–water partition coefficient (Wildman–Crippen LogP) is 0.857. The van der Waals surface area contributed by atoms with E-state index in [1.807, 2.05) is 18.4 Å². The lowest BCUT2D eigenvalue weighted by atomic mass is 10.1. The van der Waals surface area contributed by atoms with Crippen LogP contribution in [0.2, 0.25) is 0 Å². The van der Waals surface area contributed by atoms with E-state index >= 15 is 0 Å². The van der Waals surface area contributed by atoms with E-state index in [0.29, 0.717) is 36.1 Å². The number of rotatable bonds is 5. The van der Waals surface area contributed by atoms with Gasteiger partial charge in [-0.15, -0.1) is 0 Å². The Balaban J connectivity index is 1.69. The Morgan fingerprint density at radius 1 is 1.35 bits per heavy atom. The summed E-state index contributed by atoms with van der Waals surface area (Å²) in [4.78, 5) is 12.8. The van der Waals surface area contributed by atoms with E-state index in [0.717, 1.165) is 6.54 Å². The topological polar surface area (TPSA) is 109 Å². The Kier molecular flexibility index (Phi) is 4.14. The molecular formula is C17H26N6O3. The molecule has 0 radical (unpaired) electrons. The van der Waals surface area contributed by atoms with Crippen molar-refractivity contribution in [2.45, 2.75) is 51.4 Å². The number of nitrogens with two attached hydrogens (primary N) is 1. The molecule has 0 bridgehead atoms. The summed E-state index contributed by atoms with van der Waals surface area (Å²) in [5, 5.41) is 3.44. The largest absolute Gasteiger partial charge is 0.382 e. The van der Waals surface area contributed by atoms with Crippen LogP contribution in [0.15, 0.2) is 12.7 Å². The van der Waals surface area contributed by atoms with Gasteiger partial charge in [0.15, 0.2) is 17.3 Å². The minimum Gasteiger partial charge on any atom is -0.382 e. The maximum absolute atomic E-state index is 6.36. The van der Waals surface area contributed by atoms with Crippen LogP contribution in [-0.4, -0.2) is 57.2 Å². The lowest BCUT2D eigenvalue weighted by Gasteiger charge is -2.28. The summed E-state index contributed by atoms with van der Waals surface area (Å²) in [5.41, 5.74) is 6.27. The minimum absolute atomic E-state index is 0.132. The van der Waals surface area contributed by atoms with E-state index in [1.54, 1.807) is 6.33 Å². The van der Waals surface area contributed by atoms with Crippen LogP contribution in [0.5, 0.6) is 0 Å². The summed E-state index contributed by atoms with van der Waals surface area (Å²) < 4.78 is 20.5. The van der Waals surface area contributed by atoms with Crippen molar-refractivity contribution in [3.05, 3.63) is 12.7 Å².